The average Bonchev–Trinajstić information content (AvgIpc) is 2.76. The summed E-state index contributed by atoms with van der Waals surface area (Å²) in [6, 6.07) is 16.7. The number of fused-ring (bicyclic) bond motifs is 3. The van der Waals surface area contributed by atoms with Gasteiger partial charge in [-0.25, -0.2) is 4.39 Å². The summed E-state index contributed by atoms with van der Waals surface area (Å²) in [6.07, 6.45) is 3.45. The largest absolute Gasteiger partial charge is 0.276 e. The first-order chi connectivity index (χ1) is 14.5. The van der Waals surface area contributed by atoms with Crippen LogP contribution in [-0.4, -0.2) is 21.9 Å². The van der Waals surface area contributed by atoms with Gasteiger partial charge < -0.3 is 0 Å². The molecule has 1 aliphatic heterocycles. The van der Waals surface area contributed by atoms with E-state index in [2.05, 4.69) is 21.9 Å². The molecule has 0 fully saturated rings. The zero-order chi connectivity index (χ0) is 20.8. The molecule has 0 aliphatic carbocycles. The molecule has 146 valence electrons. The van der Waals surface area contributed by atoms with Crippen LogP contribution in [0.4, 0.5) is 10.1 Å². The van der Waals surface area contributed by atoms with Crippen LogP contribution in [0.2, 0.25) is 0 Å². The van der Waals surface area contributed by atoms with Crippen LogP contribution in [0, 0.1) is 24.7 Å². The van der Waals surface area contributed by atoms with Crippen LogP contribution >= 0.6 is 0 Å². The fourth-order valence-electron chi connectivity index (χ4n) is 3.60. The molecular weight excluding hydrogens is 379 g/mol. The minimum Gasteiger partial charge on any atom is -0.276 e. The van der Waals surface area contributed by atoms with Gasteiger partial charge in [-0.3, -0.25) is 24.2 Å². The minimum atomic E-state index is -0.307. The van der Waals surface area contributed by atoms with Crippen LogP contribution in [0.5, 0.6) is 0 Å². The number of hydrogen-bond acceptors (Lipinski definition) is 4. The second kappa shape index (κ2) is 6.82. The van der Waals surface area contributed by atoms with E-state index in [0.717, 1.165) is 27.5 Å². The predicted octanol–water partition coefficient (Wildman–Crippen LogP) is 4.18. The number of benzene rings is 2. The van der Waals surface area contributed by atoms with E-state index in [0.29, 0.717) is 11.3 Å². The molecule has 0 bridgehead atoms. The van der Waals surface area contributed by atoms with Gasteiger partial charge in [-0.2, -0.15) is 0 Å². The molecule has 1 atom stereocenters. The number of aryl methyl sites for hydroxylation is 1. The number of halogens is 1. The van der Waals surface area contributed by atoms with Crippen LogP contribution in [0.3, 0.4) is 0 Å². The Balaban J connectivity index is 1.83. The van der Waals surface area contributed by atoms with Crippen molar-refractivity contribution in [2.24, 2.45) is 4.99 Å². The van der Waals surface area contributed by atoms with Crippen LogP contribution in [-0.2, 0) is 0 Å². The van der Waals surface area contributed by atoms with E-state index in [1.165, 1.54) is 12.1 Å². The number of nitrogens with zero attached hydrogens (tertiary/aromatic N) is 4. The van der Waals surface area contributed by atoms with Gasteiger partial charge in [0.25, 0.3) is 5.56 Å². The lowest BCUT2D eigenvalue weighted by Crippen LogP contribution is -2.20. The van der Waals surface area contributed by atoms with Crippen LogP contribution in [0.15, 0.2) is 64.5 Å². The summed E-state index contributed by atoms with van der Waals surface area (Å²) >= 11 is 0. The second-order valence-corrected chi connectivity index (χ2v) is 7.27. The maximum Gasteiger partial charge on any atom is 0.255 e. The fraction of sp³-hybridized carbons (Fsp3) is 0.125. The standard InChI is InChI=1S/C24H17FN4O/c1-15-11-19(4-6-21(15)25)29-23(30)8-3-17-13-26-22-7-5-18(12-20(22)24(17)29)28-10-9-16(2)27-14-28/h3-8,11-14,16H,1-2H3. The number of aliphatic imine (C=N–C) groups is 1. The van der Waals surface area contributed by atoms with E-state index in [1.54, 1.807) is 47.1 Å². The lowest BCUT2D eigenvalue weighted by molar-refractivity contribution is 0.618. The van der Waals surface area contributed by atoms with Crippen LogP contribution in [0.1, 0.15) is 12.5 Å². The molecule has 6 heteroatoms. The number of hydrogen-bond donors (Lipinski definition) is 0. The van der Waals surface area contributed by atoms with Crippen molar-refractivity contribution in [3.63, 3.8) is 0 Å². The van der Waals surface area contributed by atoms with Crippen molar-refractivity contribution in [1.29, 1.82) is 0 Å². The molecule has 30 heavy (non-hydrogen) atoms. The van der Waals surface area contributed by atoms with Crippen molar-refractivity contribution in [2.75, 3.05) is 4.90 Å². The predicted molar refractivity (Wildman–Crippen MR) is 118 cm³/mol. The van der Waals surface area contributed by atoms with E-state index in [1.807, 2.05) is 25.1 Å². The van der Waals surface area contributed by atoms with E-state index < -0.39 is 0 Å². The van der Waals surface area contributed by atoms with Gasteiger partial charge in [0, 0.05) is 34.8 Å². The Kier molecular flexibility index (Phi) is 4.11. The average molecular weight is 396 g/mol. The van der Waals surface area contributed by atoms with Gasteiger partial charge >= 0.3 is 0 Å². The molecule has 0 saturated carbocycles. The Hall–Kier alpha value is -3.98. The van der Waals surface area contributed by atoms with Crippen LogP contribution < -0.4 is 10.5 Å². The van der Waals surface area contributed by atoms with Gasteiger partial charge in [0.1, 0.15) is 18.2 Å². The molecule has 1 aliphatic rings. The Labute approximate surface area is 172 Å². The molecule has 5 nitrogen and oxygen atoms in total. The summed E-state index contributed by atoms with van der Waals surface area (Å²) in [6.45, 7) is 3.62. The number of rotatable bonds is 2. The summed E-state index contributed by atoms with van der Waals surface area (Å²) in [5.41, 5.74) is 3.19. The summed E-state index contributed by atoms with van der Waals surface area (Å²) in [7, 11) is 0. The maximum absolute atomic E-state index is 13.8. The smallest absolute Gasteiger partial charge is 0.255 e. The second-order valence-electron chi connectivity index (χ2n) is 7.27. The molecule has 0 spiro atoms. The third-order valence-electron chi connectivity index (χ3n) is 5.18. The van der Waals surface area contributed by atoms with Gasteiger partial charge in [-0.15, -0.1) is 0 Å². The highest BCUT2D eigenvalue weighted by Gasteiger charge is 2.14. The third kappa shape index (κ3) is 2.92. The van der Waals surface area contributed by atoms with Crippen LogP contribution in [0.25, 0.3) is 27.5 Å². The van der Waals surface area contributed by atoms with Crippen molar-refractivity contribution < 1.29 is 4.39 Å². The molecule has 4 aromatic rings. The number of pyridine rings is 2. The van der Waals surface area contributed by atoms with Gasteiger partial charge in [0.15, 0.2) is 0 Å². The molecule has 2 aromatic carbocycles. The van der Waals surface area contributed by atoms with Crippen molar-refractivity contribution >= 4 is 33.8 Å². The molecule has 5 rings (SSSR count). The first kappa shape index (κ1) is 18.1. The van der Waals surface area contributed by atoms with Crippen molar-refractivity contribution in [3.8, 4) is 17.7 Å². The Morgan fingerprint density at radius 3 is 2.67 bits per heavy atom. The lowest BCUT2D eigenvalue weighted by Gasteiger charge is -2.17. The molecular formula is C24H17FN4O. The van der Waals surface area contributed by atoms with Crippen molar-refractivity contribution in [2.45, 2.75) is 19.9 Å². The molecule has 3 heterocycles. The van der Waals surface area contributed by atoms with Crippen molar-refractivity contribution in [1.82, 2.24) is 9.55 Å². The molecule has 0 saturated heterocycles. The third-order valence-corrected chi connectivity index (χ3v) is 5.18. The van der Waals surface area contributed by atoms with Crippen molar-refractivity contribution in [3.05, 3.63) is 76.5 Å². The zero-order valence-electron chi connectivity index (χ0n) is 16.4. The summed E-state index contributed by atoms with van der Waals surface area (Å²) in [4.78, 5) is 23.5. The van der Waals surface area contributed by atoms with E-state index in [-0.39, 0.29) is 17.4 Å². The van der Waals surface area contributed by atoms with E-state index in [9.17, 15) is 9.18 Å². The number of anilines is 1. The quantitative estimate of drug-likeness (QED) is 0.377. The molecule has 0 radical (unpaired) electrons. The Morgan fingerprint density at radius 2 is 1.90 bits per heavy atom. The Morgan fingerprint density at radius 1 is 1.07 bits per heavy atom. The highest BCUT2D eigenvalue weighted by Crippen LogP contribution is 2.28. The molecule has 2 aromatic heterocycles. The summed E-state index contributed by atoms with van der Waals surface area (Å²) in [5, 5.41) is 1.62. The van der Waals surface area contributed by atoms with Gasteiger partial charge in [-0.05, 0) is 61.9 Å². The molecule has 0 amide bonds. The SMILES string of the molecule is Cc1cc(-n2c(=O)ccc3cnc4ccc(N5C#CC(C)N=C5)cc4c32)ccc1F. The first-order valence-electron chi connectivity index (χ1n) is 9.56. The van der Waals surface area contributed by atoms with Gasteiger partial charge in [0.05, 0.1) is 16.7 Å². The maximum atomic E-state index is 13.8. The van der Waals surface area contributed by atoms with E-state index >= 15 is 0 Å². The molecule has 1 unspecified atom stereocenters. The summed E-state index contributed by atoms with van der Waals surface area (Å²) < 4.78 is 15.4. The van der Waals surface area contributed by atoms with E-state index in [4.69, 9.17) is 0 Å². The highest BCUT2D eigenvalue weighted by atomic mass is 19.1. The first-order valence-corrected chi connectivity index (χ1v) is 9.56. The normalized spacial score (nSPS) is 15.4. The molecule has 0 N–H and O–H groups in total. The fourth-order valence-corrected chi connectivity index (χ4v) is 3.60. The monoisotopic (exact) mass is 396 g/mol. The van der Waals surface area contributed by atoms with Gasteiger partial charge in [0.2, 0.25) is 0 Å². The zero-order valence-corrected chi connectivity index (χ0v) is 16.4. The minimum absolute atomic E-state index is 0.0314. The topological polar surface area (TPSA) is 50.5 Å². The summed E-state index contributed by atoms with van der Waals surface area (Å²) in [5.74, 6) is 2.74. The van der Waals surface area contributed by atoms with Gasteiger partial charge in [-0.1, -0.05) is 5.92 Å². The Bertz CT molecular complexity index is 1480. The number of aromatic nitrogens is 2. The highest BCUT2D eigenvalue weighted by molar-refractivity contribution is 6.06. The lowest BCUT2D eigenvalue weighted by atomic mass is 10.1.